The van der Waals surface area contributed by atoms with Crippen molar-refractivity contribution in [2.45, 2.75) is 6.54 Å². The fourth-order valence-corrected chi connectivity index (χ4v) is 3.72. The first-order chi connectivity index (χ1) is 13.6. The Labute approximate surface area is 167 Å². The molecule has 6 heteroatoms. The molecule has 0 saturated heterocycles. The number of amides is 1. The van der Waals surface area contributed by atoms with E-state index >= 15 is 0 Å². The highest BCUT2D eigenvalue weighted by atomic mass is 35.5. The Balaban J connectivity index is 1.90. The van der Waals surface area contributed by atoms with Crippen LogP contribution in [0.2, 0.25) is 5.02 Å². The van der Waals surface area contributed by atoms with Gasteiger partial charge in [0.1, 0.15) is 24.1 Å². The first kappa shape index (κ1) is 18.1. The highest BCUT2D eigenvalue weighted by molar-refractivity contribution is 6.30. The lowest BCUT2D eigenvalue weighted by molar-refractivity contribution is -0.130. The molecule has 138 valence electrons. The Morgan fingerprint density at radius 2 is 1.75 bits per heavy atom. The number of hydrogen-bond acceptors (Lipinski definition) is 3. The summed E-state index contributed by atoms with van der Waals surface area (Å²) in [7, 11) is 0. The second kappa shape index (κ2) is 7.38. The summed E-state index contributed by atoms with van der Waals surface area (Å²) < 4.78 is 0.356. The molecule has 1 atom stereocenters. The van der Waals surface area contributed by atoms with Crippen LogP contribution in [0, 0.1) is 0 Å². The minimum absolute atomic E-state index is 0.280. The average molecular weight is 391 g/mol. The van der Waals surface area contributed by atoms with Gasteiger partial charge in [0.2, 0.25) is 6.29 Å². The van der Waals surface area contributed by atoms with Crippen LogP contribution in [0.15, 0.2) is 79.3 Å². The van der Waals surface area contributed by atoms with Crippen LogP contribution in [0.5, 0.6) is 0 Å². The van der Waals surface area contributed by atoms with Gasteiger partial charge in [-0.05, 0) is 18.2 Å². The Bertz CT molecular complexity index is 1060. The Morgan fingerprint density at radius 3 is 2.46 bits per heavy atom. The zero-order valence-electron chi connectivity index (χ0n) is 14.9. The number of para-hydroxylation sites is 1. The van der Waals surface area contributed by atoms with Gasteiger partial charge < -0.3 is 5.32 Å². The lowest BCUT2D eigenvalue weighted by Gasteiger charge is -2.31. The van der Waals surface area contributed by atoms with Gasteiger partial charge >= 0.3 is 0 Å². The maximum atomic E-state index is 11.8. The van der Waals surface area contributed by atoms with Gasteiger partial charge in [0.05, 0.1) is 5.56 Å². The van der Waals surface area contributed by atoms with Crippen LogP contribution in [0.1, 0.15) is 11.1 Å². The van der Waals surface area contributed by atoms with E-state index in [1.54, 1.807) is 12.4 Å². The first-order valence-corrected chi connectivity index (χ1v) is 9.12. The number of halogens is 1. The Hall–Kier alpha value is -3.28. The predicted octanol–water partition coefficient (Wildman–Crippen LogP) is 4.20. The van der Waals surface area contributed by atoms with E-state index in [4.69, 9.17) is 11.6 Å². The maximum Gasteiger partial charge on any atom is 0.288 e. The van der Waals surface area contributed by atoms with Crippen LogP contribution in [-0.4, -0.2) is 17.2 Å². The van der Waals surface area contributed by atoms with Gasteiger partial charge in [0, 0.05) is 41.2 Å². The van der Waals surface area contributed by atoms with Crippen molar-refractivity contribution in [2.75, 3.05) is 0 Å². The summed E-state index contributed by atoms with van der Waals surface area (Å²) in [5.74, 6) is -0.678. The van der Waals surface area contributed by atoms with Crippen LogP contribution in [0.4, 0.5) is 11.4 Å². The summed E-state index contributed by atoms with van der Waals surface area (Å²) in [4.78, 5) is 26.8. The number of nitrogens with one attached hydrogen (secondary N) is 1. The molecule has 1 aliphatic rings. The number of nitrogens with zero attached hydrogens (tertiary/aromatic N) is 2. The lowest BCUT2D eigenvalue weighted by Crippen LogP contribution is -2.36. The molecule has 0 saturated carbocycles. The molecule has 1 aliphatic heterocycles. The summed E-state index contributed by atoms with van der Waals surface area (Å²) in [6.45, 7) is 0.610. The summed E-state index contributed by atoms with van der Waals surface area (Å²) in [5, 5.41) is 3.38. The van der Waals surface area contributed by atoms with E-state index in [1.807, 2.05) is 66.9 Å². The van der Waals surface area contributed by atoms with Crippen LogP contribution in [0.3, 0.4) is 0 Å². The van der Waals surface area contributed by atoms with Crippen molar-refractivity contribution in [1.82, 2.24) is 14.8 Å². The van der Waals surface area contributed by atoms with Crippen LogP contribution in [-0.2, 0) is 16.1 Å². The average Bonchev–Trinajstić information content (AvgIpc) is 3.05. The molecule has 0 spiro atoms. The van der Waals surface area contributed by atoms with Crippen molar-refractivity contribution in [3.8, 4) is 0 Å². The molecule has 1 unspecified atom stereocenters. The molecule has 4 rings (SSSR count). The zero-order chi connectivity index (χ0) is 19.6. The smallest absolute Gasteiger partial charge is 0.288 e. The molecule has 2 heterocycles. The highest BCUT2D eigenvalue weighted by Crippen LogP contribution is 2.46. The molecule has 1 amide bonds. The number of quaternary nitrogens is 1. The molecule has 2 aromatic carbocycles. The van der Waals surface area contributed by atoms with E-state index in [9.17, 15) is 9.59 Å². The SMILES string of the molecule is O=CC(=O)NC1=C[N+](Cc2ccc(Cl)cc2)(c2ccncc2)c2ccccc21. The van der Waals surface area contributed by atoms with Gasteiger partial charge in [0.15, 0.2) is 5.69 Å². The van der Waals surface area contributed by atoms with Crippen LogP contribution >= 0.6 is 11.6 Å². The number of carbonyl (C=O) groups excluding carboxylic acids is 2. The monoisotopic (exact) mass is 390 g/mol. The molecule has 0 bridgehead atoms. The summed E-state index contributed by atoms with van der Waals surface area (Å²) >= 11 is 6.05. The molecule has 0 fully saturated rings. The third-order valence-corrected chi connectivity index (χ3v) is 5.06. The number of rotatable bonds is 5. The molecule has 0 radical (unpaired) electrons. The molecule has 28 heavy (non-hydrogen) atoms. The van der Waals surface area contributed by atoms with Gasteiger partial charge in [-0.2, -0.15) is 0 Å². The largest absolute Gasteiger partial charge is 0.315 e. The van der Waals surface area contributed by atoms with E-state index in [1.165, 1.54) is 0 Å². The number of hydrogen-bond donors (Lipinski definition) is 1. The topological polar surface area (TPSA) is 59.1 Å². The highest BCUT2D eigenvalue weighted by Gasteiger charge is 2.41. The van der Waals surface area contributed by atoms with E-state index in [2.05, 4.69) is 10.3 Å². The van der Waals surface area contributed by atoms with Crippen molar-refractivity contribution in [3.63, 3.8) is 0 Å². The standard InChI is InChI=1S/C22H16ClN3O2/c23-17-7-5-16(6-8-17)13-26(18-9-11-24-12-10-18)14-20(25-22(28)15-27)19-3-1-2-4-21(19)26/h1-12,14-15H,13H2/p+1. The van der Waals surface area contributed by atoms with Crippen molar-refractivity contribution >= 4 is 40.9 Å². The van der Waals surface area contributed by atoms with Gasteiger partial charge in [-0.15, -0.1) is 0 Å². The van der Waals surface area contributed by atoms with Gasteiger partial charge in [-0.3, -0.25) is 14.6 Å². The van der Waals surface area contributed by atoms with Crippen molar-refractivity contribution in [1.29, 1.82) is 0 Å². The minimum Gasteiger partial charge on any atom is -0.315 e. The molecule has 0 aliphatic carbocycles. The van der Waals surface area contributed by atoms with E-state index in [-0.39, 0.29) is 6.29 Å². The quantitative estimate of drug-likeness (QED) is 0.403. The molecule has 3 aromatic rings. The van der Waals surface area contributed by atoms with Gasteiger partial charge in [0.25, 0.3) is 5.91 Å². The fraction of sp³-hybridized carbons (Fsp3) is 0.0455. The van der Waals surface area contributed by atoms with E-state index < -0.39 is 5.91 Å². The Morgan fingerprint density at radius 1 is 1.04 bits per heavy atom. The summed E-state index contributed by atoms with van der Waals surface area (Å²) in [6, 6.07) is 19.5. The van der Waals surface area contributed by atoms with E-state index in [0.29, 0.717) is 21.7 Å². The molecule has 1 aromatic heterocycles. The lowest BCUT2D eigenvalue weighted by atomic mass is 10.1. The molecular weight excluding hydrogens is 374 g/mol. The van der Waals surface area contributed by atoms with Crippen molar-refractivity contribution in [2.24, 2.45) is 0 Å². The maximum absolute atomic E-state index is 11.8. The van der Waals surface area contributed by atoms with Crippen LogP contribution in [0.25, 0.3) is 5.70 Å². The third-order valence-electron chi connectivity index (χ3n) is 4.81. The molecule has 5 nitrogen and oxygen atoms in total. The van der Waals surface area contributed by atoms with Crippen molar-refractivity contribution in [3.05, 3.63) is 95.4 Å². The van der Waals surface area contributed by atoms with Gasteiger partial charge in [-0.1, -0.05) is 35.9 Å². The predicted molar refractivity (Wildman–Crippen MR) is 109 cm³/mol. The number of aldehydes is 1. The van der Waals surface area contributed by atoms with E-state index in [0.717, 1.165) is 22.5 Å². The summed E-state index contributed by atoms with van der Waals surface area (Å²) in [5.41, 5.74) is 4.56. The number of benzene rings is 2. The van der Waals surface area contributed by atoms with Gasteiger partial charge in [-0.25, -0.2) is 4.48 Å². The second-order valence-electron chi connectivity index (χ2n) is 6.53. The number of fused-ring (bicyclic) bond motifs is 1. The Kier molecular flexibility index (Phi) is 4.77. The first-order valence-electron chi connectivity index (χ1n) is 8.74. The number of aromatic nitrogens is 1. The van der Waals surface area contributed by atoms with Crippen LogP contribution < -0.4 is 9.80 Å². The normalized spacial score (nSPS) is 17.5. The number of pyridine rings is 1. The molecular formula is C22H17ClN3O2+. The second-order valence-corrected chi connectivity index (χ2v) is 6.96. The fourth-order valence-electron chi connectivity index (χ4n) is 3.59. The minimum atomic E-state index is -0.678. The number of carbonyl (C=O) groups is 2. The third kappa shape index (κ3) is 3.22. The van der Waals surface area contributed by atoms with Crippen molar-refractivity contribution < 1.29 is 9.59 Å². The summed E-state index contributed by atoms with van der Waals surface area (Å²) in [6.07, 6.45) is 5.74. The zero-order valence-corrected chi connectivity index (χ0v) is 15.6. The molecule has 1 N–H and O–H groups in total.